The number of hydrogen-bond donors (Lipinski definition) is 2. The van der Waals surface area contributed by atoms with Crippen molar-refractivity contribution in [1.82, 2.24) is 19.7 Å². The van der Waals surface area contributed by atoms with E-state index in [2.05, 4.69) is 15.1 Å². The summed E-state index contributed by atoms with van der Waals surface area (Å²) >= 11 is 0. The fraction of sp³-hybridized carbons (Fsp3) is 0.562. The van der Waals surface area contributed by atoms with Crippen LogP contribution in [0.2, 0.25) is 0 Å². The van der Waals surface area contributed by atoms with Crippen molar-refractivity contribution in [2.75, 3.05) is 0 Å². The Morgan fingerprint density at radius 2 is 2.23 bits per heavy atom. The summed E-state index contributed by atoms with van der Waals surface area (Å²) in [6, 6.07) is 0. The molecule has 3 heterocycles. The number of hydrogen-bond acceptors (Lipinski definition) is 7. The Morgan fingerprint density at radius 3 is 2.92 bits per heavy atom. The zero-order chi connectivity index (χ0) is 18.8. The Balaban J connectivity index is 1.78. The van der Waals surface area contributed by atoms with Crippen LogP contribution in [0, 0.1) is 6.92 Å². The molecule has 3 rings (SSSR count). The molecule has 0 saturated carbocycles. The molecule has 3 atom stereocenters. The second-order valence-corrected chi connectivity index (χ2v) is 6.17. The number of fused-ring (bicyclic) bond motifs is 1. The molecular formula is C16H20N4O6. The molecule has 0 radical (unpaired) electrons. The normalized spacial score (nSPS) is 22.6. The number of esters is 1. The molecule has 1 unspecified atom stereocenters. The first-order valence-corrected chi connectivity index (χ1v) is 8.40. The number of ether oxygens (including phenoxy) is 2. The van der Waals surface area contributed by atoms with Gasteiger partial charge in [0.1, 0.15) is 17.3 Å². The molecule has 2 aromatic rings. The number of aromatic nitrogens is 4. The van der Waals surface area contributed by atoms with Crippen molar-refractivity contribution in [3.63, 3.8) is 0 Å². The Bertz CT molecular complexity index is 888. The lowest BCUT2D eigenvalue weighted by Gasteiger charge is -2.16. The van der Waals surface area contributed by atoms with Crippen LogP contribution in [0.1, 0.15) is 44.7 Å². The highest BCUT2D eigenvalue weighted by atomic mass is 16.6. The van der Waals surface area contributed by atoms with Crippen molar-refractivity contribution in [1.29, 1.82) is 0 Å². The molecular weight excluding hydrogens is 344 g/mol. The predicted molar refractivity (Wildman–Crippen MR) is 88.5 cm³/mol. The van der Waals surface area contributed by atoms with Gasteiger partial charge in [0.05, 0.1) is 25.1 Å². The Hall–Kier alpha value is -2.75. The van der Waals surface area contributed by atoms with Crippen LogP contribution in [0.3, 0.4) is 0 Å². The number of aliphatic carboxylic acids is 1. The van der Waals surface area contributed by atoms with Crippen molar-refractivity contribution >= 4 is 23.0 Å². The average Bonchev–Trinajstić information content (AvgIpc) is 3.16. The van der Waals surface area contributed by atoms with Gasteiger partial charge in [-0.15, -0.1) is 0 Å². The lowest BCUT2D eigenvalue weighted by Crippen LogP contribution is -2.26. The van der Waals surface area contributed by atoms with Crippen LogP contribution in [0.15, 0.2) is 11.0 Å². The summed E-state index contributed by atoms with van der Waals surface area (Å²) in [5, 5.41) is 13.2. The minimum atomic E-state index is -1.05. The highest BCUT2D eigenvalue weighted by Crippen LogP contribution is 2.33. The molecule has 10 heteroatoms. The fourth-order valence-electron chi connectivity index (χ4n) is 3.03. The monoisotopic (exact) mass is 364 g/mol. The summed E-state index contributed by atoms with van der Waals surface area (Å²) in [7, 11) is 0. The van der Waals surface area contributed by atoms with Crippen molar-refractivity contribution in [3.8, 4) is 0 Å². The van der Waals surface area contributed by atoms with Gasteiger partial charge >= 0.3 is 11.9 Å². The van der Waals surface area contributed by atoms with Gasteiger partial charge in [-0.3, -0.25) is 14.4 Å². The Labute approximate surface area is 148 Å². The van der Waals surface area contributed by atoms with E-state index in [0.29, 0.717) is 29.7 Å². The van der Waals surface area contributed by atoms with Crippen LogP contribution in [-0.4, -0.2) is 49.0 Å². The average molecular weight is 364 g/mol. The van der Waals surface area contributed by atoms with Crippen LogP contribution in [0.5, 0.6) is 0 Å². The lowest BCUT2D eigenvalue weighted by atomic mass is 10.1. The zero-order valence-corrected chi connectivity index (χ0v) is 14.5. The van der Waals surface area contributed by atoms with E-state index < -0.39 is 24.3 Å². The molecule has 2 N–H and O–H groups in total. The van der Waals surface area contributed by atoms with Gasteiger partial charge in [0, 0.05) is 6.42 Å². The summed E-state index contributed by atoms with van der Waals surface area (Å²) in [6.45, 7) is 3.58. The van der Waals surface area contributed by atoms with Gasteiger partial charge < -0.3 is 19.6 Å². The number of carboxylic acids is 1. The number of nitrogens with one attached hydrogen (secondary N) is 1. The maximum Gasteiger partial charge on any atom is 0.306 e. The van der Waals surface area contributed by atoms with E-state index in [1.165, 1.54) is 10.9 Å². The first-order valence-electron chi connectivity index (χ1n) is 8.40. The highest BCUT2D eigenvalue weighted by Gasteiger charge is 2.39. The molecule has 1 aliphatic rings. The van der Waals surface area contributed by atoms with E-state index in [1.54, 1.807) is 6.92 Å². The molecule has 1 saturated heterocycles. The third-order valence-corrected chi connectivity index (χ3v) is 4.26. The van der Waals surface area contributed by atoms with E-state index in [4.69, 9.17) is 14.6 Å². The van der Waals surface area contributed by atoms with E-state index >= 15 is 0 Å². The second-order valence-electron chi connectivity index (χ2n) is 6.17. The molecule has 0 aromatic carbocycles. The van der Waals surface area contributed by atoms with Gasteiger partial charge in [-0.25, -0.2) is 9.67 Å². The van der Waals surface area contributed by atoms with Crippen molar-refractivity contribution in [2.24, 2.45) is 0 Å². The van der Waals surface area contributed by atoms with Crippen molar-refractivity contribution in [3.05, 3.63) is 22.4 Å². The molecule has 2 aromatic heterocycles. The summed E-state index contributed by atoms with van der Waals surface area (Å²) in [6.07, 6.45) is 0.558. The number of rotatable bonds is 6. The summed E-state index contributed by atoms with van der Waals surface area (Å²) in [5.41, 5.74) is 0.129. The minimum absolute atomic E-state index is 0.187. The van der Waals surface area contributed by atoms with Crippen LogP contribution < -0.4 is 5.56 Å². The molecule has 0 spiro atoms. The quantitative estimate of drug-likeness (QED) is 0.722. The summed E-state index contributed by atoms with van der Waals surface area (Å²) in [5.74, 6) is -1.16. The molecule has 0 amide bonds. The molecule has 140 valence electrons. The maximum atomic E-state index is 12.0. The van der Waals surface area contributed by atoms with Crippen molar-refractivity contribution < 1.29 is 24.2 Å². The maximum absolute atomic E-state index is 12.0. The molecule has 26 heavy (non-hydrogen) atoms. The summed E-state index contributed by atoms with van der Waals surface area (Å²) in [4.78, 5) is 41.3. The minimum Gasteiger partial charge on any atom is -0.481 e. The van der Waals surface area contributed by atoms with Gasteiger partial charge in [-0.1, -0.05) is 6.92 Å². The molecule has 10 nitrogen and oxygen atoms in total. The Morgan fingerprint density at radius 1 is 1.46 bits per heavy atom. The first-order chi connectivity index (χ1) is 12.4. The lowest BCUT2D eigenvalue weighted by molar-refractivity contribution is -0.154. The van der Waals surface area contributed by atoms with Crippen LogP contribution in [0.25, 0.3) is 11.0 Å². The van der Waals surface area contributed by atoms with E-state index in [-0.39, 0.29) is 24.5 Å². The van der Waals surface area contributed by atoms with E-state index in [0.717, 1.165) is 0 Å². The van der Waals surface area contributed by atoms with E-state index in [9.17, 15) is 14.4 Å². The third kappa shape index (κ3) is 3.59. The van der Waals surface area contributed by atoms with Gasteiger partial charge in [0.25, 0.3) is 5.56 Å². The van der Waals surface area contributed by atoms with Crippen LogP contribution in [-0.2, 0) is 19.1 Å². The highest BCUT2D eigenvalue weighted by molar-refractivity contribution is 5.76. The first kappa shape index (κ1) is 18.1. The van der Waals surface area contributed by atoms with Crippen LogP contribution in [0.4, 0.5) is 0 Å². The standard InChI is InChI=1S/C16H20N4O6/c1-3-10-11(26-14(23)5-4-13(21)22)6-12(25-10)20-15-9(7-17-20)16(24)19-8(2)18-15/h7,10-12H,3-6H2,1-2H3,(H,21,22)(H,18,19,24)/t10-,11?,12-/m1/s1. The van der Waals surface area contributed by atoms with Gasteiger partial charge in [0.2, 0.25) is 0 Å². The summed E-state index contributed by atoms with van der Waals surface area (Å²) < 4.78 is 12.9. The predicted octanol–water partition coefficient (Wildman–Crippen LogP) is 0.902. The van der Waals surface area contributed by atoms with Crippen molar-refractivity contribution in [2.45, 2.75) is 58.0 Å². The number of nitrogens with zero attached hydrogens (tertiary/aromatic N) is 3. The topological polar surface area (TPSA) is 136 Å². The second kappa shape index (κ2) is 7.24. The molecule has 0 bridgehead atoms. The van der Waals surface area contributed by atoms with E-state index in [1.807, 2.05) is 6.92 Å². The largest absolute Gasteiger partial charge is 0.481 e. The molecule has 1 aliphatic heterocycles. The molecule has 1 fully saturated rings. The zero-order valence-electron chi connectivity index (χ0n) is 14.5. The van der Waals surface area contributed by atoms with Gasteiger partial charge in [-0.05, 0) is 13.3 Å². The number of carboxylic acid groups (broad SMARTS) is 1. The molecule has 0 aliphatic carbocycles. The number of H-pyrrole nitrogens is 1. The smallest absolute Gasteiger partial charge is 0.306 e. The van der Waals surface area contributed by atoms with Gasteiger partial charge in [0.15, 0.2) is 11.9 Å². The number of carbonyl (C=O) groups is 2. The van der Waals surface area contributed by atoms with Gasteiger partial charge in [-0.2, -0.15) is 5.10 Å². The number of aromatic amines is 1. The SMILES string of the molecule is CC[C@H]1O[C@@H](n2ncc3c(=O)[nH]c(C)nc32)CC1OC(=O)CCC(=O)O. The van der Waals surface area contributed by atoms with Crippen LogP contribution >= 0.6 is 0 Å². The third-order valence-electron chi connectivity index (χ3n) is 4.26. The number of aryl methyl sites for hydroxylation is 1. The fourth-order valence-corrected chi connectivity index (χ4v) is 3.03. The Kier molecular flexibility index (Phi) is 5.03. The number of carbonyl (C=O) groups excluding carboxylic acids is 1.